The Kier molecular flexibility index (Phi) is 4.80. The van der Waals surface area contributed by atoms with E-state index in [0.29, 0.717) is 25.5 Å². The fraction of sp³-hybridized carbons (Fsp3) is 0.529. The van der Waals surface area contributed by atoms with Crippen LogP contribution in [0.15, 0.2) is 24.3 Å². The maximum atomic E-state index is 13.1. The fourth-order valence-electron chi connectivity index (χ4n) is 2.83. The summed E-state index contributed by atoms with van der Waals surface area (Å²) in [7, 11) is 0. The third-order valence-corrected chi connectivity index (χ3v) is 4.15. The van der Waals surface area contributed by atoms with Crippen LogP contribution >= 0.6 is 0 Å². The Balaban J connectivity index is 1.68. The molecule has 25 heavy (non-hydrogen) atoms. The number of carbonyl (C=O) groups excluding carboxylic acids is 1. The predicted octanol–water partition coefficient (Wildman–Crippen LogP) is 1.71. The maximum absolute atomic E-state index is 13.1. The van der Waals surface area contributed by atoms with Crippen LogP contribution in [0, 0.1) is 5.82 Å². The molecule has 0 saturated carbocycles. The normalized spacial score (nSPS) is 18.4. The van der Waals surface area contributed by atoms with Crippen LogP contribution in [0.2, 0.25) is 0 Å². The molecule has 0 bridgehead atoms. The zero-order valence-electron chi connectivity index (χ0n) is 14.6. The van der Waals surface area contributed by atoms with Gasteiger partial charge in [-0.05, 0) is 28.1 Å². The summed E-state index contributed by atoms with van der Waals surface area (Å²) in [6, 6.07) is 6.17. The molecule has 0 N–H and O–H groups in total. The molecule has 2 aromatic rings. The van der Waals surface area contributed by atoms with Gasteiger partial charge in [-0.1, -0.05) is 32.9 Å². The van der Waals surface area contributed by atoms with Gasteiger partial charge in [-0.2, -0.15) is 0 Å². The van der Waals surface area contributed by atoms with Crippen LogP contribution in [0.3, 0.4) is 0 Å². The molecule has 1 atom stereocenters. The molecule has 0 unspecified atom stereocenters. The molecular formula is C17H22FN5O2. The summed E-state index contributed by atoms with van der Waals surface area (Å²) in [5, 5.41) is 11.7. The van der Waals surface area contributed by atoms with Gasteiger partial charge in [0.25, 0.3) is 0 Å². The van der Waals surface area contributed by atoms with Crippen LogP contribution in [0.1, 0.15) is 38.3 Å². The molecule has 0 spiro atoms. The van der Waals surface area contributed by atoms with Crippen molar-refractivity contribution in [3.05, 3.63) is 41.5 Å². The number of aromatic nitrogens is 4. The first-order valence-electron chi connectivity index (χ1n) is 8.26. The molecule has 0 aliphatic carbocycles. The summed E-state index contributed by atoms with van der Waals surface area (Å²) in [6.45, 7) is 7.48. The number of hydrogen-bond donors (Lipinski definition) is 0. The molecule has 1 saturated heterocycles. The number of halogens is 1. The molecule has 134 valence electrons. The minimum absolute atomic E-state index is 0.0618. The SMILES string of the molecule is CC(C)(C)c1nnnn1CC(=O)N1CCO[C@@H](c2ccc(F)cc2)C1. The highest BCUT2D eigenvalue weighted by atomic mass is 19.1. The molecular weight excluding hydrogens is 325 g/mol. The topological polar surface area (TPSA) is 73.1 Å². The monoisotopic (exact) mass is 347 g/mol. The summed E-state index contributed by atoms with van der Waals surface area (Å²) in [4.78, 5) is 14.4. The highest BCUT2D eigenvalue weighted by Crippen LogP contribution is 2.23. The van der Waals surface area contributed by atoms with Crippen molar-refractivity contribution in [2.24, 2.45) is 0 Å². The van der Waals surface area contributed by atoms with Gasteiger partial charge < -0.3 is 9.64 Å². The van der Waals surface area contributed by atoms with Gasteiger partial charge in [-0.3, -0.25) is 4.79 Å². The van der Waals surface area contributed by atoms with Crippen LogP contribution in [0.5, 0.6) is 0 Å². The molecule has 1 aliphatic rings. The van der Waals surface area contributed by atoms with Gasteiger partial charge in [-0.25, -0.2) is 9.07 Å². The summed E-state index contributed by atoms with van der Waals surface area (Å²) >= 11 is 0. The van der Waals surface area contributed by atoms with Crippen molar-refractivity contribution in [1.82, 2.24) is 25.1 Å². The van der Waals surface area contributed by atoms with Crippen molar-refractivity contribution in [2.75, 3.05) is 19.7 Å². The third-order valence-electron chi connectivity index (χ3n) is 4.15. The second-order valence-corrected chi connectivity index (χ2v) is 7.16. The van der Waals surface area contributed by atoms with E-state index in [1.54, 1.807) is 21.7 Å². The Bertz CT molecular complexity index is 738. The smallest absolute Gasteiger partial charge is 0.244 e. The molecule has 7 nitrogen and oxygen atoms in total. The van der Waals surface area contributed by atoms with Crippen molar-refractivity contribution in [1.29, 1.82) is 0 Å². The van der Waals surface area contributed by atoms with E-state index in [0.717, 1.165) is 5.56 Å². The van der Waals surface area contributed by atoms with Gasteiger partial charge >= 0.3 is 0 Å². The Morgan fingerprint density at radius 2 is 2.04 bits per heavy atom. The van der Waals surface area contributed by atoms with Crippen LogP contribution in [0.4, 0.5) is 4.39 Å². The van der Waals surface area contributed by atoms with E-state index in [2.05, 4.69) is 15.5 Å². The Morgan fingerprint density at radius 3 is 2.72 bits per heavy atom. The number of nitrogens with zero attached hydrogens (tertiary/aromatic N) is 5. The number of ether oxygens (including phenoxy) is 1. The Morgan fingerprint density at radius 1 is 1.32 bits per heavy atom. The van der Waals surface area contributed by atoms with Gasteiger partial charge in [0.15, 0.2) is 5.82 Å². The number of morpholine rings is 1. The van der Waals surface area contributed by atoms with Crippen molar-refractivity contribution < 1.29 is 13.9 Å². The number of tetrazole rings is 1. The van der Waals surface area contributed by atoms with Crippen LogP contribution in [0.25, 0.3) is 0 Å². The summed E-state index contributed by atoms with van der Waals surface area (Å²) < 4.78 is 20.4. The van der Waals surface area contributed by atoms with Gasteiger partial charge in [0.2, 0.25) is 5.91 Å². The molecule has 3 rings (SSSR count). The van der Waals surface area contributed by atoms with Crippen LogP contribution in [-0.4, -0.2) is 50.7 Å². The molecule has 1 aliphatic heterocycles. The number of amides is 1. The lowest BCUT2D eigenvalue weighted by atomic mass is 9.96. The Labute approximate surface area is 145 Å². The minimum Gasteiger partial charge on any atom is -0.370 e. The first-order valence-corrected chi connectivity index (χ1v) is 8.26. The van der Waals surface area contributed by atoms with E-state index in [1.807, 2.05) is 20.8 Å². The van der Waals surface area contributed by atoms with Crippen LogP contribution < -0.4 is 0 Å². The average molecular weight is 347 g/mol. The predicted molar refractivity (Wildman–Crippen MR) is 88.2 cm³/mol. The zero-order valence-corrected chi connectivity index (χ0v) is 14.6. The lowest BCUT2D eigenvalue weighted by Crippen LogP contribution is -2.44. The second-order valence-electron chi connectivity index (χ2n) is 7.16. The lowest BCUT2D eigenvalue weighted by molar-refractivity contribution is -0.140. The zero-order chi connectivity index (χ0) is 18.0. The number of hydrogen-bond acceptors (Lipinski definition) is 5. The molecule has 0 radical (unpaired) electrons. The van der Waals surface area contributed by atoms with E-state index in [-0.39, 0.29) is 29.8 Å². The molecule has 2 heterocycles. The highest BCUT2D eigenvalue weighted by Gasteiger charge is 2.28. The minimum atomic E-state index is -0.291. The summed E-state index contributed by atoms with van der Waals surface area (Å²) in [5.74, 6) is 0.318. The number of rotatable bonds is 3. The van der Waals surface area contributed by atoms with Gasteiger partial charge in [0, 0.05) is 12.0 Å². The summed E-state index contributed by atoms with van der Waals surface area (Å²) in [5.41, 5.74) is 0.613. The van der Waals surface area contributed by atoms with E-state index < -0.39 is 0 Å². The van der Waals surface area contributed by atoms with Gasteiger partial charge in [-0.15, -0.1) is 5.10 Å². The quantitative estimate of drug-likeness (QED) is 0.845. The van der Waals surface area contributed by atoms with Crippen molar-refractivity contribution in [3.8, 4) is 0 Å². The molecule has 1 aromatic carbocycles. The lowest BCUT2D eigenvalue weighted by Gasteiger charge is -2.33. The van der Waals surface area contributed by atoms with Gasteiger partial charge in [0.1, 0.15) is 18.5 Å². The standard InChI is InChI=1S/C17H22FN5O2/c1-17(2,3)16-19-20-21-23(16)11-15(24)22-8-9-25-14(10-22)12-4-6-13(18)7-5-12/h4-7,14H,8-11H2,1-3H3/t14-/m1/s1. The fourth-order valence-corrected chi connectivity index (χ4v) is 2.83. The number of benzene rings is 1. The molecule has 1 aromatic heterocycles. The highest BCUT2D eigenvalue weighted by molar-refractivity contribution is 5.76. The maximum Gasteiger partial charge on any atom is 0.244 e. The second kappa shape index (κ2) is 6.87. The average Bonchev–Trinajstić information content (AvgIpc) is 3.04. The van der Waals surface area contributed by atoms with E-state index in [4.69, 9.17) is 4.74 Å². The van der Waals surface area contributed by atoms with Gasteiger partial charge in [0.05, 0.1) is 13.2 Å². The first-order chi connectivity index (χ1) is 11.8. The Hall–Kier alpha value is -2.35. The van der Waals surface area contributed by atoms with E-state index in [1.165, 1.54) is 12.1 Å². The largest absolute Gasteiger partial charge is 0.370 e. The van der Waals surface area contributed by atoms with E-state index >= 15 is 0 Å². The molecule has 8 heteroatoms. The van der Waals surface area contributed by atoms with Crippen molar-refractivity contribution >= 4 is 5.91 Å². The van der Waals surface area contributed by atoms with E-state index in [9.17, 15) is 9.18 Å². The van der Waals surface area contributed by atoms with Crippen molar-refractivity contribution in [2.45, 2.75) is 38.8 Å². The molecule has 1 fully saturated rings. The van der Waals surface area contributed by atoms with Crippen molar-refractivity contribution in [3.63, 3.8) is 0 Å². The molecule has 1 amide bonds. The summed E-state index contributed by atoms with van der Waals surface area (Å²) in [6.07, 6.45) is -0.255. The first kappa shape index (κ1) is 17.5. The number of carbonyl (C=O) groups is 1. The third kappa shape index (κ3) is 4.01. The van der Waals surface area contributed by atoms with Crippen LogP contribution in [-0.2, 0) is 21.5 Å².